The summed E-state index contributed by atoms with van der Waals surface area (Å²) in [6, 6.07) is 3.77. The number of nitriles is 1. The molecule has 0 unspecified atom stereocenters. The van der Waals surface area contributed by atoms with Crippen molar-refractivity contribution in [3.8, 4) is 6.19 Å². The van der Waals surface area contributed by atoms with Crippen LogP contribution in [0, 0.1) is 18.4 Å². The maximum absolute atomic E-state index is 8.44. The van der Waals surface area contributed by atoms with Crippen molar-refractivity contribution in [1.29, 1.82) is 5.26 Å². The molecule has 0 saturated carbocycles. The number of rotatable bonds is 2. The number of nitrogens with zero attached hydrogens (tertiary/aromatic N) is 2. The summed E-state index contributed by atoms with van der Waals surface area (Å²) in [6.07, 6.45) is 2.00. The number of hydrogen-bond donors (Lipinski definition) is 0. The quantitative estimate of drug-likeness (QED) is 0.473. The van der Waals surface area contributed by atoms with Crippen LogP contribution in [0.15, 0.2) is 16.5 Å². The molecule has 3 nitrogen and oxygen atoms in total. The van der Waals surface area contributed by atoms with E-state index in [1.165, 1.54) is 4.90 Å². The van der Waals surface area contributed by atoms with Gasteiger partial charge < -0.3 is 9.32 Å². The molecular formula is C8H10N2O. The molecule has 0 fully saturated rings. The average molecular weight is 150 g/mol. The Hall–Kier alpha value is -1.43. The summed E-state index contributed by atoms with van der Waals surface area (Å²) in [6.45, 7) is 2.43. The zero-order valence-corrected chi connectivity index (χ0v) is 6.66. The third kappa shape index (κ3) is 2.01. The predicted octanol–water partition coefficient (Wildman–Crippen LogP) is 1.50. The molecule has 3 heteroatoms. The first kappa shape index (κ1) is 7.67. The second kappa shape index (κ2) is 3.11. The third-order valence-corrected chi connectivity index (χ3v) is 1.36. The van der Waals surface area contributed by atoms with E-state index in [0.29, 0.717) is 6.54 Å². The Morgan fingerprint density at radius 3 is 2.82 bits per heavy atom. The molecule has 1 rings (SSSR count). The minimum Gasteiger partial charge on any atom is -0.464 e. The van der Waals surface area contributed by atoms with Crippen LogP contribution < -0.4 is 0 Å². The van der Waals surface area contributed by atoms with Crippen LogP contribution in [0.4, 0.5) is 0 Å². The molecule has 0 aromatic carbocycles. The molecule has 0 N–H and O–H groups in total. The molecule has 1 aromatic rings. The standard InChI is InChI=1S/C8H10N2O/c1-7-3-4-8(11-7)5-10(2)6-9/h3-4H,5H2,1-2H3. The van der Waals surface area contributed by atoms with Crippen LogP contribution in [0.1, 0.15) is 11.5 Å². The molecule has 0 atom stereocenters. The van der Waals surface area contributed by atoms with E-state index in [9.17, 15) is 0 Å². The number of hydrogen-bond acceptors (Lipinski definition) is 3. The van der Waals surface area contributed by atoms with Gasteiger partial charge in [0, 0.05) is 7.05 Å². The van der Waals surface area contributed by atoms with Crippen molar-refractivity contribution in [3.63, 3.8) is 0 Å². The maximum Gasteiger partial charge on any atom is 0.179 e. The van der Waals surface area contributed by atoms with E-state index in [-0.39, 0.29) is 0 Å². The van der Waals surface area contributed by atoms with Crippen LogP contribution in [0.2, 0.25) is 0 Å². The Morgan fingerprint density at radius 1 is 1.64 bits per heavy atom. The fraction of sp³-hybridized carbons (Fsp3) is 0.375. The first-order chi connectivity index (χ1) is 5.22. The Labute approximate surface area is 65.8 Å². The van der Waals surface area contributed by atoms with Crippen LogP contribution in [0.25, 0.3) is 0 Å². The van der Waals surface area contributed by atoms with E-state index < -0.39 is 0 Å². The topological polar surface area (TPSA) is 40.2 Å². The SMILES string of the molecule is Cc1ccc(CN(C)C#N)o1. The van der Waals surface area contributed by atoms with Crippen molar-refractivity contribution in [2.75, 3.05) is 7.05 Å². The summed E-state index contributed by atoms with van der Waals surface area (Å²) in [5.74, 6) is 1.71. The van der Waals surface area contributed by atoms with Gasteiger partial charge in [-0.3, -0.25) is 0 Å². The van der Waals surface area contributed by atoms with Crippen molar-refractivity contribution in [1.82, 2.24) is 4.90 Å². The second-order valence-electron chi connectivity index (χ2n) is 2.47. The van der Waals surface area contributed by atoms with E-state index >= 15 is 0 Å². The van der Waals surface area contributed by atoms with Crippen molar-refractivity contribution in [2.45, 2.75) is 13.5 Å². The Kier molecular flexibility index (Phi) is 2.17. The molecule has 0 radical (unpaired) electrons. The zero-order valence-electron chi connectivity index (χ0n) is 6.66. The van der Waals surface area contributed by atoms with Gasteiger partial charge in [-0.25, -0.2) is 0 Å². The van der Waals surface area contributed by atoms with E-state index in [2.05, 4.69) is 0 Å². The molecule has 1 heterocycles. The van der Waals surface area contributed by atoms with Crippen LogP contribution >= 0.6 is 0 Å². The van der Waals surface area contributed by atoms with Crippen LogP contribution in [-0.2, 0) is 6.54 Å². The lowest BCUT2D eigenvalue weighted by Gasteiger charge is -2.04. The van der Waals surface area contributed by atoms with E-state index in [1.807, 2.05) is 25.2 Å². The summed E-state index contributed by atoms with van der Waals surface area (Å²) in [5.41, 5.74) is 0. The Balaban J connectivity index is 2.59. The Morgan fingerprint density at radius 2 is 2.36 bits per heavy atom. The highest BCUT2D eigenvalue weighted by Crippen LogP contribution is 2.07. The summed E-state index contributed by atoms with van der Waals surface area (Å²) in [7, 11) is 1.72. The monoisotopic (exact) mass is 150 g/mol. The fourth-order valence-corrected chi connectivity index (χ4v) is 0.839. The van der Waals surface area contributed by atoms with Crippen LogP contribution in [0.5, 0.6) is 0 Å². The summed E-state index contributed by atoms with van der Waals surface area (Å²) < 4.78 is 5.26. The lowest BCUT2D eigenvalue weighted by atomic mass is 10.4. The van der Waals surface area contributed by atoms with Crippen LogP contribution in [-0.4, -0.2) is 11.9 Å². The molecule has 0 aliphatic rings. The second-order valence-corrected chi connectivity index (χ2v) is 2.47. The van der Waals surface area contributed by atoms with Gasteiger partial charge in [0.05, 0.1) is 6.54 Å². The van der Waals surface area contributed by atoms with Crippen molar-refractivity contribution >= 4 is 0 Å². The highest BCUT2D eigenvalue weighted by Gasteiger charge is 2.00. The molecule has 11 heavy (non-hydrogen) atoms. The minimum atomic E-state index is 0.546. The lowest BCUT2D eigenvalue weighted by Crippen LogP contribution is -2.09. The normalized spacial score (nSPS) is 9.18. The van der Waals surface area contributed by atoms with Gasteiger partial charge in [0.1, 0.15) is 11.5 Å². The van der Waals surface area contributed by atoms with Crippen molar-refractivity contribution < 1.29 is 4.42 Å². The molecule has 0 aliphatic heterocycles. The molecule has 0 amide bonds. The predicted molar refractivity (Wildman–Crippen MR) is 40.5 cm³/mol. The molecule has 1 aromatic heterocycles. The van der Waals surface area contributed by atoms with E-state index in [1.54, 1.807) is 7.05 Å². The van der Waals surface area contributed by atoms with Gasteiger partial charge in [-0.1, -0.05) is 0 Å². The molecule has 0 bridgehead atoms. The summed E-state index contributed by atoms with van der Waals surface area (Å²) in [4.78, 5) is 1.51. The van der Waals surface area contributed by atoms with Crippen LogP contribution in [0.3, 0.4) is 0 Å². The number of furan rings is 1. The highest BCUT2D eigenvalue weighted by atomic mass is 16.3. The number of aryl methyl sites for hydroxylation is 1. The average Bonchev–Trinajstić information content (AvgIpc) is 2.35. The van der Waals surface area contributed by atoms with Gasteiger partial charge >= 0.3 is 0 Å². The summed E-state index contributed by atoms with van der Waals surface area (Å²) in [5, 5.41) is 8.44. The van der Waals surface area contributed by atoms with Crippen molar-refractivity contribution in [3.05, 3.63) is 23.7 Å². The van der Waals surface area contributed by atoms with Gasteiger partial charge in [-0.2, -0.15) is 5.26 Å². The minimum absolute atomic E-state index is 0.546. The first-order valence-corrected chi connectivity index (χ1v) is 3.38. The smallest absolute Gasteiger partial charge is 0.179 e. The molecule has 58 valence electrons. The van der Waals surface area contributed by atoms with Gasteiger partial charge in [0.15, 0.2) is 6.19 Å². The van der Waals surface area contributed by atoms with E-state index in [0.717, 1.165) is 11.5 Å². The molecule has 0 spiro atoms. The summed E-state index contributed by atoms with van der Waals surface area (Å²) >= 11 is 0. The van der Waals surface area contributed by atoms with Gasteiger partial charge in [0.2, 0.25) is 0 Å². The zero-order chi connectivity index (χ0) is 8.27. The van der Waals surface area contributed by atoms with Crippen molar-refractivity contribution in [2.24, 2.45) is 0 Å². The maximum atomic E-state index is 8.44. The Bertz CT molecular complexity index is 272. The first-order valence-electron chi connectivity index (χ1n) is 3.38. The van der Waals surface area contributed by atoms with Gasteiger partial charge in [0.25, 0.3) is 0 Å². The van der Waals surface area contributed by atoms with E-state index in [4.69, 9.17) is 9.68 Å². The van der Waals surface area contributed by atoms with Gasteiger partial charge in [-0.15, -0.1) is 0 Å². The van der Waals surface area contributed by atoms with Gasteiger partial charge in [-0.05, 0) is 19.1 Å². The lowest BCUT2D eigenvalue weighted by molar-refractivity contribution is 0.385. The molecule has 0 aliphatic carbocycles. The highest BCUT2D eigenvalue weighted by molar-refractivity contribution is 5.05. The molecule has 0 saturated heterocycles. The third-order valence-electron chi connectivity index (χ3n) is 1.36. The largest absolute Gasteiger partial charge is 0.464 e. The molecular weight excluding hydrogens is 140 g/mol. The fourth-order valence-electron chi connectivity index (χ4n) is 0.839.